The minimum absolute atomic E-state index is 0.139. The minimum Gasteiger partial charge on any atom is -0.369 e. The molecule has 0 saturated heterocycles. The van der Waals surface area contributed by atoms with Crippen LogP contribution in [0.15, 0.2) is 24.3 Å². The van der Waals surface area contributed by atoms with Crippen molar-refractivity contribution in [2.45, 2.75) is 34.3 Å². The number of carbonyl (C=O) groups is 1. The second-order valence-corrected chi connectivity index (χ2v) is 5.15. The molecule has 2 heteroatoms. The predicted molar refractivity (Wildman–Crippen MR) is 65.3 cm³/mol. The molecule has 0 heterocycles. The highest BCUT2D eigenvalue weighted by Crippen LogP contribution is 2.14. The quantitative estimate of drug-likeness (QED) is 0.779. The lowest BCUT2D eigenvalue weighted by atomic mass is 9.91. The van der Waals surface area contributed by atoms with Gasteiger partial charge in [-0.05, 0) is 12.5 Å². The van der Waals surface area contributed by atoms with Gasteiger partial charge in [-0.2, -0.15) is 0 Å². The van der Waals surface area contributed by atoms with E-state index in [0.717, 1.165) is 5.56 Å². The van der Waals surface area contributed by atoms with Crippen LogP contribution in [0.5, 0.6) is 0 Å². The smallest absolute Gasteiger partial charge is 0.163 e. The van der Waals surface area contributed by atoms with Crippen LogP contribution in [0.1, 0.15) is 31.9 Å². The van der Waals surface area contributed by atoms with Gasteiger partial charge in [0.05, 0.1) is 6.61 Å². The van der Waals surface area contributed by atoms with Crippen molar-refractivity contribution in [2.75, 3.05) is 6.61 Å². The minimum atomic E-state index is -0.312. The number of hydrogen-bond acceptors (Lipinski definition) is 2. The zero-order valence-electron chi connectivity index (χ0n) is 10.5. The highest BCUT2D eigenvalue weighted by Gasteiger charge is 2.20. The fraction of sp³-hybridized carbons (Fsp3) is 0.500. The van der Waals surface area contributed by atoms with E-state index in [9.17, 15) is 4.79 Å². The molecule has 0 aliphatic carbocycles. The van der Waals surface area contributed by atoms with Crippen molar-refractivity contribution >= 4 is 5.78 Å². The maximum atomic E-state index is 11.6. The summed E-state index contributed by atoms with van der Waals surface area (Å²) in [5, 5.41) is 0. The molecule has 1 rings (SSSR count). The van der Waals surface area contributed by atoms with Crippen LogP contribution in [0.25, 0.3) is 0 Å². The van der Waals surface area contributed by atoms with Crippen LogP contribution in [-0.2, 0) is 16.1 Å². The van der Waals surface area contributed by atoms with Gasteiger partial charge in [-0.1, -0.05) is 50.6 Å². The molecule has 16 heavy (non-hydrogen) atoms. The molecule has 0 aromatic heterocycles. The molecule has 0 amide bonds. The summed E-state index contributed by atoms with van der Waals surface area (Å²) in [5.74, 6) is 0.139. The number of Topliss-reactive ketones (excluding diaryl/α,β-unsaturated/α-hetero) is 1. The number of ether oxygens (including phenoxy) is 1. The van der Waals surface area contributed by atoms with Crippen molar-refractivity contribution in [3.05, 3.63) is 35.4 Å². The maximum Gasteiger partial charge on any atom is 0.163 e. The second-order valence-electron chi connectivity index (χ2n) is 5.15. The van der Waals surface area contributed by atoms with Crippen LogP contribution >= 0.6 is 0 Å². The molecule has 0 saturated carbocycles. The number of hydrogen-bond donors (Lipinski definition) is 0. The van der Waals surface area contributed by atoms with Gasteiger partial charge in [-0.25, -0.2) is 0 Å². The standard InChI is InChI=1S/C14H20O2/c1-11-5-7-12(8-6-11)9-16-10-13(15)14(2,3)4/h5-8H,9-10H2,1-4H3. The molecular formula is C14H20O2. The van der Waals surface area contributed by atoms with E-state index in [1.54, 1.807) is 0 Å². The molecule has 0 bridgehead atoms. The molecule has 0 aliphatic heterocycles. The lowest BCUT2D eigenvalue weighted by Gasteiger charge is -2.16. The molecule has 0 fully saturated rings. The molecule has 0 spiro atoms. The summed E-state index contributed by atoms with van der Waals surface area (Å²) in [6.07, 6.45) is 0. The maximum absolute atomic E-state index is 11.6. The van der Waals surface area contributed by atoms with Gasteiger partial charge in [0.25, 0.3) is 0 Å². The zero-order valence-corrected chi connectivity index (χ0v) is 10.5. The summed E-state index contributed by atoms with van der Waals surface area (Å²) in [6.45, 7) is 8.47. The van der Waals surface area contributed by atoms with E-state index in [2.05, 4.69) is 0 Å². The van der Waals surface area contributed by atoms with Crippen LogP contribution in [-0.4, -0.2) is 12.4 Å². The number of carbonyl (C=O) groups excluding carboxylic acids is 1. The van der Waals surface area contributed by atoms with Gasteiger partial charge in [0.2, 0.25) is 0 Å². The average molecular weight is 220 g/mol. The number of aryl methyl sites for hydroxylation is 1. The van der Waals surface area contributed by atoms with Crippen molar-refractivity contribution < 1.29 is 9.53 Å². The summed E-state index contributed by atoms with van der Waals surface area (Å²) in [6, 6.07) is 8.14. The van der Waals surface area contributed by atoms with Gasteiger partial charge in [0, 0.05) is 5.41 Å². The molecule has 2 nitrogen and oxygen atoms in total. The first kappa shape index (κ1) is 12.9. The molecule has 0 unspecified atom stereocenters. The monoisotopic (exact) mass is 220 g/mol. The van der Waals surface area contributed by atoms with Crippen molar-refractivity contribution in [3.8, 4) is 0 Å². The van der Waals surface area contributed by atoms with Crippen LogP contribution in [0.2, 0.25) is 0 Å². The number of ketones is 1. The van der Waals surface area contributed by atoms with Crippen molar-refractivity contribution in [1.82, 2.24) is 0 Å². The molecular weight excluding hydrogens is 200 g/mol. The first-order valence-electron chi connectivity index (χ1n) is 5.56. The highest BCUT2D eigenvalue weighted by atomic mass is 16.5. The third-order valence-electron chi connectivity index (χ3n) is 2.46. The summed E-state index contributed by atoms with van der Waals surface area (Å²) in [7, 11) is 0. The van der Waals surface area contributed by atoms with E-state index >= 15 is 0 Å². The third-order valence-corrected chi connectivity index (χ3v) is 2.46. The van der Waals surface area contributed by atoms with E-state index in [1.165, 1.54) is 5.56 Å². The van der Waals surface area contributed by atoms with Gasteiger partial charge in [-0.15, -0.1) is 0 Å². The Morgan fingerprint density at radius 2 is 1.75 bits per heavy atom. The molecule has 0 atom stereocenters. The van der Waals surface area contributed by atoms with E-state index in [-0.39, 0.29) is 17.8 Å². The first-order chi connectivity index (χ1) is 7.39. The van der Waals surface area contributed by atoms with Gasteiger partial charge < -0.3 is 4.74 Å². The van der Waals surface area contributed by atoms with Gasteiger partial charge in [-0.3, -0.25) is 4.79 Å². The molecule has 1 aromatic carbocycles. The molecule has 0 radical (unpaired) electrons. The fourth-order valence-corrected chi connectivity index (χ4v) is 1.16. The zero-order chi connectivity index (χ0) is 12.2. The molecule has 88 valence electrons. The van der Waals surface area contributed by atoms with Crippen LogP contribution in [0.3, 0.4) is 0 Å². The summed E-state index contributed by atoms with van der Waals surface area (Å²) < 4.78 is 5.40. The van der Waals surface area contributed by atoms with E-state index in [1.807, 2.05) is 52.0 Å². The molecule has 0 N–H and O–H groups in total. The average Bonchev–Trinajstić information content (AvgIpc) is 2.19. The van der Waals surface area contributed by atoms with Crippen molar-refractivity contribution in [1.29, 1.82) is 0 Å². The van der Waals surface area contributed by atoms with Crippen LogP contribution in [0.4, 0.5) is 0 Å². The molecule has 0 aliphatic rings. The Hall–Kier alpha value is -1.15. The number of benzene rings is 1. The summed E-state index contributed by atoms with van der Waals surface area (Å²) in [5.41, 5.74) is 2.02. The Morgan fingerprint density at radius 1 is 1.19 bits per heavy atom. The Labute approximate surface area is 97.6 Å². The Bertz CT molecular complexity index is 344. The fourth-order valence-electron chi connectivity index (χ4n) is 1.16. The summed E-state index contributed by atoms with van der Waals surface area (Å²) in [4.78, 5) is 11.6. The Balaban J connectivity index is 2.36. The van der Waals surface area contributed by atoms with Crippen molar-refractivity contribution in [2.24, 2.45) is 5.41 Å². The topological polar surface area (TPSA) is 26.3 Å². The molecule has 1 aromatic rings. The summed E-state index contributed by atoms with van der Waals surface area (Å²) >= 11 is 0. The lowest BCUT2D eigenvalue weighted by molar-refractivity contribution is -0.131. The van der Waals surface area contributed by atoms with Crippen LogP contribution in [0, 0.1) is 12.3 Å². The van der Waals surface area contributed by atoms with Gasteiger partial charge >= 0.3 is 0 Å². The number of rotatable bonds is 4. The second kappa shape index (κ2) is 5.26. The Morgan fingerprint density at radius 3 is 2.25 bits per heavy atom. The van der Waals surface area contributed by atoms with Gasteiger partial charge in [0.15, 0.2) is 5.78 Å². The van der Waals surface area contributed by atoms with Gasteiger partial charge in [0.1, 0.15) is 6.61 Å². The largest absolute Gasteiger partial charge is 0.369 e. The van der Waals surface area contributed by atoms with E-state index in [4.69, 9.17) is 4.74 Å². The van der Waals surface area contributed by atoms with Crippen molar-refractivity contribution in [3.63, 3.8) is 0 Å². The Kier molecular flexibility index (Phi) is 4.25. The third kappa shape index (κ3) is 4.15. The SMILES string of the molecule is Cc1ccc(COCC(=O)C(C)(C)C)cc1. The lowest BCUT2D eigenvalue weighted by Crippen LogP contribution is -2.24. The first-order valence-corrected chi connectivity index (χ1v) is 5.56. The highest BCUT2D eigenvalue weighted by molar-refractivity contribution is 5.84. The van der Waals surface area contributed by atoms with Crippen LogP contribution < -0.4 is 0 Å². The van der Waals surface area contributed by atoms with E-state index < -0.39 is 0 Å². The normalized spacial score (nSPS) is 11.5. The van der Waals surface area contributed by atoms with E-state index in [0.29, 0.717) is 6.61 Å². The predicted octanol–water partition coefficient (Wildman–Crippen LogP) is 3.13.